The van der Waals surface area contributed by atoms with Crippen molar-refractivity contribution >= 4 is 41.2 Å². The molecule has 0 saturated carbocycles. The molecule has 0 radical (unpaired) electrons. The van der Waals surface area contributed by atoms with Crippen LogP contribution < -0.4 is 11.5 Å². The first kappa shape index (κ1) is 23.3. The number of rotatable bonds is 8. The van der Waals surface area contributed by atoms with Gasteiger partial charge < -0.3 is 35.1 Å². The summed E-state index contributed by atoms with van der Waals surface area (Å²) in [5, 5.41) is 0. The number of nitrogen functional groups attached to an aromatic ring is 2. The topological polar surface area (TPSA) is 153 Å². The van der Waals surface area contributed by atoms with Crippen LogP contribution in [0.2, 0.25) is 0 Å². The van der Waals surface area contributed by atoms with Crippen LogP contribution in [-0.4, -0.2) is 68.2 Å². The fraction of sp³-hybridized carbons (Fsp3) is 0.706. The number of nitrogens with zero attached hydrogens (tertiary/aromatic N) is 4. The van der Waals surface area contributed by atoms with Gasteiger partial charge in [-0.2, -0.15) is 9.97 Å². The number of aromatic nitrogens is 4. The number of hydrogen-bond acceptors (Lipinski definition) is 10. The Morgan fingerprint density at radius 2 is 1.97 bits per heavy atom. The summed E-state index contributed by atoms with van der Waals surface area (Å²) in [5.74, 6) is 0.188. The smallest absolute Gasteiger partial charge is 0.224 e. The molecule has 0 aromatic carbocycles. The molecule has 3 heterocycles. The van der Waals surface area contributed by atoms with Gasteiger partial charge in [0.15, 0.2) is 24.2 Å². The summed E-state index contributed by atoms with van der Waals surface area (Å²) in [5.41, 5.74) is 12.3. The summed E-state index contributed by atoms with van der Waals surface area (Å²) >= 11 is 5.36. The Morgan fingerprint density at radius 3 is 2.57 bits per heavy atom. The van der Waals surface area contributed by atoms with Crippen LogP contribution in [0.25, 0.3) is 11.2 Å². The Morgan fingerprint density at radius 1 is 1.27 bits per heavy atom. The summed E-state index contributed by atoms with van der Waals surface area (Å²) in [6.07, 6.45) is -0.976. The zero-order chi connectivity index (χ0) is 22.2. The summed E-state index contributed by atoms with van der Waals surface area (Å²) < 4.78 is 25.4. The Hall–Kier alpha value is -1.40. The van der Waals surface area contributed by atoms with E-state index in [9.17, 15) is 4.89 Å². The van der Waals surface area contributed by atoms with Crippen molar-refractivity contribution in [3.05, 3.63) is 6.33 Å². The fourth-order valence-electron chi connectivity index (χ4n) is 3.17. The maximum absolute atomic E-state index is 10.7. The van der Waals surface area contributed by atoms with Crippen LogP contribution in [0.1, 0.15) is 33.9 Å². The zero-order valence-electron chi connectivity index (χ0n) is 17.6. The van der Waals surface area contributed by atoms with Crippen molar-refractivity contribution in [1.29, 1.82) is 0 Å². The average molecular weight is 460 g/mol. The van der Waals surface area contributed by atoms with Gasteiger partial charge in [0.25, 0.3) is 0 Å². The SMILES string of the molecule is CO[C@H]1C(OP(O)(=S)C(C)C)[C@@H](COC(C)C)O[C@H]1n1cnc2c(N)nc(N)nc21. The Balaban J connectivity index is 2.00. The van der Waals surface area contributed by atoms with Gasteiger partial charge in [0.2, 0.25) is 5.95 Å². The monoisotopic (exact) mass is 460 g/mol. The van der Waals surface area contributed by atoms with E-state index in [2.05, 4.69) is 15.0 Å². The van der Waals surface area contributed by atoms with Crippen molar-refractivity contribution in [1.82, 2.24) is 19.5 Å². The molecular weight excluding hydrogens is 431 g/mol. The van der Waals surface area contributed by atoms with E-state index in [4.69, 9.17) is 42.0 Å². The standard InChI is InChI=1S/C17H29N6O5PS/c1-8(2)26-6-10-12(28-29(24,30)9(3)4)13(25-5)16(27-10)23-7-20-11-14(18)21-17(19)22-15(11)23/h7-10,12-13,16H,6H2,1-5H3,(H,24,30)(H4,18,19,21,22)/t10-,12?,13+,16-,29?/m1/s1. The first-order chi connectivity index (χ1) is 14.0. The molecule has 0 bridgehead atoms. The van der Waals surface area contributed by atoms with Gasteiger partial charge >= 0.3 is 0 Å². The third-order valence-corrected chi connectivity index (χ3v) is 8.19. The zero-order valence-corrected chi connectivity index (χ0v) is 19.3. The van der Waals surface area contributed by atoms with Crippen LogP contribution in [0.3, 0.4) is 0 Å². The van der Waals surface area contributed by atoms with Gasteiger partial charge in [-0.05, 0) is 25.7 Å². The Bertz CT molecular complexity index is 941. The number of methoxy groups -OCH3 is 1. The molecule has 2 unspecified atom stereocenters. The highest BCUT2D eigenvalue weighted by molar-refractivity contribution is 8.09. The lowest BCUT2D eigenvalue weighted by atomic mass is 10.1. The highest BCUT2D eigenvalue weighted by atomic mass is 32.5. The minimum atomic E-state index is -3.09. The maximum atomic E-state index is 10.7. The highest BCUT2D eigenvalue weighted by Crippen LogP contribution is 2.52. The van der Waals surface area contributed by atoms with Gasteiger partial charge in [-0.3, -0.25) is 4.57 Å². The van der Waals surface area contributed by atoms with E-state index >= 15 is 0 Å². The lowest BCUT2D eigenvalue weighted by Gasteiger charge is -2.29. The van der Waals surface area contributed by atoms with Gasteiger partial charge in [-0.15, -0.1) is 0 Å². The normalized spacial score (nSPS) is 26.7. The number of imidazole rings is 1. The van der Waals surface area contributed by atoms with E-state index in [0.29, 0.717) is 11.2 Å². The molecule has 13 heteroatoms. The molecule has 0 amide bonds. The van der Waals surface area contributed by atoms with Crippen LogP contribution in [0.4, 0.5) is 11.8 Å². The van der Waals surface area contributed by atoms with Crippen LogP contribution in [0.5, 0.6) is 0 Å². The van der Waals surface area contributed by atoms with Crippen molar-refractivity contribution in [3.8, 4) is 0 Å². The minimum Gasteiger partial charge on any atom is -0.382 e. The van der Waals surface area contributed by atoms with Crippen LogP contribution in [0, 0.1) is 0 Å². The number of fused-ring (bicyclic) bond motifs is 1. The molecule has 1 saturated heterocycles. The molecular formula is C17H29N6O5PS. The molecule has 168 valence electrons. The van der Waals surface area contributed by atoms with E-state index in [1.165, 1.54) is 13.4 Å². The molecule has 30 heavy (non-hydrogen) atoms. The summed E-state index contributed by atoms with van der Waals surface area (Å²) in [7, 11) is 1.54. The van der Waals surface area contributed by atoms with Crippen molar-refractivity contribution in [2.45, 2.75) is 64.0 Å². The highest BCUT2D eigenvalue weighted by Gasteiger charge is 2.49. The second-order valence-electron chi connectivity index (χ2n) is 7.67. The van der Waals surface area contributed by atoms with Crippen molar-refractivity contribution in [2.75, 3.05) is 25.2 Å². The first-order valence-electron chi connectivity index (χ1n) is 9.61. The third kappa shape index (κ3) is 4.59. The minimum absolute atomic E-state index is 0.0158. The molecule has 0 aliphatic carbocycles. The molecule has 1 aliphatic heterocycles. The number of anilines is 2. The second kappa shape index (κ2) is 8.99. The Kier molecular flexibility index (Phi) is 6.97. The number of hydrogen-bond donors (Lipinski definition) is 3. The average Bonchev–Trinajstić information content (AvgIpc) is 3.20. The van der Waals surface area contributed by atoms with E-state index in [1.807, 2.05) is 27.7 Å². The predicted molar refractivity (Wildman–Crippen MR) is 116 cm³/mol. The van der Waals surface area contributed by atoms with E-state index in [0.717, 1.165) is 0 Å². The Labute approximate surface area is 180 Å². The molecule has 3 rings (SSSR count). The van der Waals surface area contributed by atoms with Crippen molar-refractivity contribution in [2.24, 2.45) is 0 Å². The lowest BCUT2D eigenvalue weighted by molar-refractivity contribution is -0.0764. The molecule has 11 nitrogen and oxygen atoms in total. The maximum Gasteiger partial charge on any atom is 0.224 e. The predicted octanol–water partition coefficient (Wildman–Crippen LogP) is 1.42. The molecule has 5 atom stereocenters. The van der Waals surface area contributed by atoms with Crippen LogP contribution in [0.15, 0.2) is 6.33 Å². The second-order valence-corrected chi connectivity index (χ2v) is 11.6. The lowest BCUT2D eigenvalue weighted by Crippen LogP contribution is -2.38. The van der Waals surface area contributed by atoms with Gasteiger partial charge in [0, 0.05) is 12.8 Å². The molecule has 1 aliphatic rings. The van der Waals surface area contributed by atoms with Crippen molar-refractivity contribution in [3.63, 3.8) is 0 Å². The quantitative estimate of drug-likeness (QED) is 0.490. The number of ether oxygens (including phenoxy) is 3. The van der Waals surface area contributed by atoms with E-state index in [-0.39, 0.29) is 30.1 Å². The van der Waals surface area contributed by atoms with Crippen LogP contribution in [-0.2, 0) is 30.5 Å². The molecule has 2 aromatic rings. The van der Waals surface area contributed by atoms with Gasteiger partial charge in [0.1, 0.15) is 23.8 Å². The number of nitrogens with two attached hydrogens (primary N) is 2. The first-order valence-corrected chi connectivity index (χ1v) is 12.4. The largest absolute Gasteiger partial charge is 0.382 e. The van der Waals surface area contributed by atoms with E-state index < -0.39 is 31.0 Å². The van der Waals surface area contributed by atoms with Crippen molar-refractivity contribution < 1.29 is 23.6 Å². The fourth-order valence-corrected chi connectivity index (χ4v) is 4.32. The van der Waals surface area contributed by atoms with Gasteiger partial charge in [0.05, 0.1) is 19.0 Å². The molecule has 2 aromatic heterocycles. The molecule has 5 N–H and O–H groups in total. The molecule has 0 spiro atoms. The summed E-state index contributed by atoms with van der Waals surface area (Å²) in [4.78, 5) is 23.2. The third-order valence-electron chi connectivity index (χ3n) is 4.82. The summed E-state index contributed by atoms with van der Waals surface area (Å²) in [6, 6.07) is 0. The molecule has 1 fully saturated rings. The van der Waals surface area contributed by atoms with Crippen LogP contribution >= 0.6 is 6.49 Å². The van der Waals surface area contributed by atoms with Gasteiger partial charge in [-0.25, -0.2) is 4.98 Å². The summed E-state index contributed by atoms with van der Waals surface area (Å²) in [6.45, 7) is 4.63. The van der Waals surface area contributed by atoms with Gasteiger partial charge in [-0.1, -0.05) is 13.8 Å². The van der Waals surface area contributed by atoms with E-state index in [1.54, 1.807) is 4.57 Å².